The summed E-state index contributed by atoms with van der Waals surface area (Å²) in [5, 5.41) is 11.8. The van der Waals surface area contributed by atoms with E-state index in [4.69, 9.17) is 5.11 Å². The molecule has 2 aromatic rings. The average Bonchev–Trinajstić information content (AvgIpc) is 2.38. The van der Waals surface area contributed by atoms with Crippen molar-refractivity contribution in [2.24, 2.45) is 0 Å². The van der Waals surface area contributed by atoms with E-state index >= 15 is 0 Å². The number of carboxylic acid groups (broad SMARTS) is 1. The number of hydrogen-bond acceptors (Lipinski definition) is 3. The molecule has 0 amide bonds. The monoisotopic (exact) mass is 246 g/mol. The molecule has 0 unspecified atom stereocenters. The molecule has 0 aliphatic heterocycles. The van der Waals surface area contributed by atoms with Gasteiger partial charge in [0.05, 0.1) is 11.3 Å². The molecule has 4 nitrogen and oxygen atoms in total. The number of nitrogens with one attached hydrogen (secondary N) is 1. The molecular formula is C13H11FN2O2. The highest BCUT2D eigenvalue weighted by molar-refractivity contribution is 5.94. The van der Waals surface area contributed by atoms with E-state index in [-0.39, 0.29) is 11.3 Å². The summed E-state index contributed by atoms with van der Waals surface area (Å²) in [5.74, 6) is -1.75. The molecule has 0 saturated heterocycles. The molecule has 1 aromatic carbocycles. The second-order valence-corrected chi connectivity index (χ2v) is 3.68. The third kappa shape index (κ3) is 2.63. The second-order valence-electron chi connectivity index (χ2n) is 3.68. The van der Waals surface area contributed by atoms with Crippen molar-refractivity contribution in [1.29, 1.82) is 0 Å². The SMILES string of the molecule is O=C(O)c1cccc(F)c1NCc1cccnc1. The predicted octanol–water partition coefficient (Wildman–Crippen LogP) is 2.53. The van der Waals surface area contributed by atoms with Crippen LogP contribution in [0.3, 0.4) is 0 Å². The third-order valence-electron chi connectivity index (χ3n) is 2.44. The minimum atomic E-state index is -1.16. The van der Waals surface area contributed by atoms with E-state index in [1.54, 1.807) is 18.5 Å². The summed E-state index contributed by atoms with van der Waals surface area (Å²) >= 11 is 0. The van der Waals surface area contributed by atoms with Gasteiger partial charge in [0, 0.05) is 18.9 Å². The van der Waals surface area contributed by atoms with Gasteiger partial charge in [0.15, 0.2) is 0 Å². The first-order valence-corrected chi connectivity index (χ1v) is 5.33. The number of pyridine rings is 1. The van der Waals surface area contributed by atoms with Crippen LogP contribution < -0.4 is 5.32 Å². The van der Waals surface area contributed by atoms with Crippen LogP contribution in [0.25, 0.3) is 0 Å². The van der Waals surface area contributed by atoms with Crippen molar-refractivity contribution in [3.8, 4) is 0 Å². The quantitative estimate of drug-likeness (QED) is 0.870. The maximum Gasteiger partial charge on any atom is 0.337 e. The van der Waals surface area contributed by atoms with Gasteiger partial charge >= 0.3 is 5.97 Å². The summed E-state index contributed by atoms with van der Waals surface area (Å²) in [7, 11) is 0. The van der Waals surface area contributed by atoms with Gasteiger partial charge in [0.1, 0.15) is 5.82 Å². The number of carbonyl (C=O) groups is 1. The van der Waals surface area contributed by atoms with Gasteiger partial charge in [-0.05, 0) is 23.8 Å². The van der Waals surface area contributed by atoms with Crippen LogP contribution in [-0.4, -0.2) is 16.1 Å². The van der Waals surface area contributed by atoms with Crippen LogP contribution in [0.2, 0.25) is 0 Å². The summed E-state index contributed by atoms with van der Waals surface area (Å²) in [6.07, 6.45) is 3.27. The van der Waals surface area contributed by atoms with Gasteiger partial charge in [-0.15, -0.1) is 0 Å². The van der Waals surface area contributed by atoms with E-state index in [9.17, 15) is 9.18 Å². The summed E-state index contributed by atoms with van der Waals surface area (Å²) < 4.78 is 13.6. The Morgan fingerprint density at radius 3 is 2.83 bits per heavy atom. The zero-order chi connectivity index (χ0) is 13.0. The Morgan fingerprint density at radius 1 is 1.33 bits per heavy atom. The minimum absolute atomic E-state index is 0.00569. The highest BCUT2D eigenvalue weighted by Gasteiger charge is 2.13. The van der Waals surface area contributed by atoms with Crippen molar-refractivity contribution in [1.82, 2.24) is 4.98 Å². The Hall–Kier alpha value is -2.43. The number of nitrogens with zero attached hydrogens (tertiary/aromatic N) is 1. The smallest absolute Gasteiger partial charge is 0.337 e. The van der Waals surface area contributed by atoms with Gasteiger partial charge in [0.25, 0.3) is 0 Å². The van der Waals surface area contributed by atoms with E-state index in [0.29, 0.717) is 6.54 Å². The van der Waals surface area contributed by atoms with Gasteiger partial charge in [0.2, 0.25) is 0 Å². The number of aromatic carboxylic acids is 1. The first-order chi connectivity index (χ1) is 8.68. The standard InChI is InChI=1S/C13H11FN2O2/c14-11-5-1-4-10(13(17)18)12(11)16-8-9-3-2-6-15-7-9/h1-7,16H,8H2,(H,17,18). The Labute approximate surface area is 103 Å². The van der Waals surface area contributed by atoms with Crippen LogP contribution >= 0.6 is 0 Å². The lowest BCUT2D eigenvalue weighted by Gasteiger charge is -2.10. The lowest BCUT2D eigenvalue weighted by atomic mass is 10.1. The summed E-state index contributed by atoms with van der Waals surface area (Å²) in [6, 6.07) is 7.53. The van der Waals surface area contributed by atoms with Crippen molar-refractivity contribution < 1.29 is 14.3 Å². The van der Waals surface area contributed by atoms with Crippen LogP contribution in [0.15, 0.2) is 42.7 Å². The van der Waals surface area contributed by atoms with Crippen molar-refractivity contribution in [3.05, 3.63) is 59.7 Å². The van der Waals surface area contributed by atoms with E-state index in [1.807, 2.05) is 6.07 Å². The molecular weight excluding hydrogens is 235 g/mol. The number of benzene rings is 1. The third-order valence-corrected chi connectivity index (χ3v) is 2.44. The molecule has 5 heteroatoms. The van der Waals surface area contributed by atoms with Gasteiger partial charge < -0.3 is 10.4 Å². The van der Waals surface area contributed by atoms with Crippen molar-refractivity contribution in [2.75, 3.05) is 5.32 Å². The Kier molecular flexibility index (Phi) is 3.52. The first-order valence-electron chi connectivity index (χ1n) is 5.33. The molecule has 18 heavy (non-hydrogen) atoms. The van der Waals surface area contributed by atoms with E-state index in [1.165, 1.54) is 18.2 Å². The lowest BCUT2D eigenvalue weighted by molar-refractivity contribution is 0.0697. The molecule has 0 aliphatic rings. The van der Waals surface area contributed by atoms with Gasteiger partial charge in [-0.3, -0.25) is 4.98 Å². The Bertz CT molecular complexity index is 558. The van der Waals surface area contributed by atoms with E-state index in [2.05, 4.69) is 10.3 Å². The number of para-hydroxylation sites is 1. The molecule has 0 spiro atoms. The maximum absolute atomic E-state index is 13.6. The van der Waals surface area contributed by atoms with Crippen molar-refractivity contribution >= 4 is 11.7 Å². The fraction of sp³-hybridized carbons (Fsp3) is 0.0769. The van der Waals surface area contributed by atoms with Crippen LogP contribution in [0.5, 0.6) is 0 Å². The maximum atomic E-state index is 13.6. The average molecular weight is 246 g/mol. The van der Waals surface area contributed by atoms with Crippen molar-refractivity contribution in [3.63, 3.8) is 0 Å². The predicted molar refractivity (Wildman–Crippen MR) is 64.9 cm³/mol. The lowest BCUT2D eigenvalue weighted by Crippen LogP contribution is -2.08. The Morgan fingerprint density at radius 2 is 2.17 bits per heavy atom. The number of hydrogen-bond donors (Lipinski definition) is 2. The van der Waals surface area contributed by atoms with Gasteiger partial charge in [-0.1, -0.05) is 12.1 Å². The fourth-order valence-electron chi connectivity index (χ4n) is 1.58. The zero-order valence-electron chi connectivity index (χ0n) is 9.43. The number of anilines is 1. The van der Waals surface area contributed by atoms with E-state index < -0.39 is 11.8 Å². The van der Waals surface area contributed by atoms with Gasteiger partial charge in [-0.25, -0.2) is 9.18 Å². The number of rotatable bonds is 4. The molecule has 2 rings (SSSR count). The molecule has 0 bridgehead atoms. The topological polar surface area (TPSA) is 62.2 Å². The van der Waals surface area contributed by atoms with Crippen molar-refractivity contribution in [2.45, 2.75) is 6.54 Å². The first kappa shape index (κ1) is 12.0. The van der Waals surface area contributed by atoms with Crippen LogP contribution in [0.1, 0.15) is 15.9 Å². The molecule has 0 saturated carbocycles. The molecule has 0 fully saturated rings. The largest absolute Gasteiger partial charge is 0.478 e. The molecule has 0 atom stereocenters. The second kappa shape index (κ2) is 5.27. The van der Waals surface area contributed by atoms with E-state index in [0.717, 1.165) is 5.56 Å². The zero-order valence-corrected chi connectivity index (χ0v) is 9.43. The molecule has 0 aliphatic carbocycles. The summed E-state index contributed by atoms with van der Waals surface area (Å²) in [5.41, 5.74) is 0.754. The van der Waals surface area contributed by atoms with Crippen LogP contribution in [-0.2, 0) is 6.54 Å². The molecule has 1 heterocycles. The number of carboxylic acids is 1. The normalized spacial score (nSPS) is 10.1. The molecule has 1 aromatic heterocycles. The molecule has 0 radical (unpaired) electrons. The van der Waals surface area contributed by atoms with Crippen LogP contribution in [0.4, 0.5) is 10.1 Å². The van der Waals surface area contributed by atoms with Gasteiger partial charge in [-0.2, -0.15) is 0 Å². The Balaban J connectivity index is 2.21. The number of aromatic nitrogens is 1. The summed E-state index contributed by atoms with van der Waals surface area (Å²) in [4.78, 5) is 14.9. The molecule has 92 valence electrons. The minimum Gasteiger partial charge on any atom is -0.478 e. The number of halogens is 1. The fourth-order valence-corrected chi connectivity index (χ4v) is 1.58. The highest BCUT2D eigenvalue weighted by Crippen LogP contribution is 2.20. The summed E-state index contributed by atoms with van der Waals surface area (Å²) in [6.45, 7) is 0.315. The molecule has 2 N–H and O–H groups in total. The van der Waals surface area contributed by atoms with Crippen LogP contribution in [0, 0.1) is 5.82 Å². The highest BCUT2D eigenvalue weighted by atomic mass is 19.1.